The fourth-order valence-corrected chi connectivity index (χ4v) is 3.53. The van der Waals surface area contributed by atoms with Crippen molar-refractivity contribution in [2.45, 2.75) is 0 Å². The minimum absolute atomic E-state index is 0.179. The van der Waals surface area contributed by atoms with Gasteiger partial charge in [-0.3, -0.25) is 14.5 Å². The van der Waals surface area contributed by atoms with Crippen molar-refractivity contribution in [2.75, 3.05) is 38.0 Å². The molecule has 1 saturated heterocycles. The summed E-state index contributed by atoms with van der Waals surface area (Å²) in [6.45, 7) is 2.29. The molecule has 0 aliphatic carbocycles. The van der Waals surface area contributed by atoms with Gasteiger partial charge in [0.25, 0.3) is 5.91 Å². The summed E-state index contributed by atoms with van der Waals surface area (Å²) in [6, 6.07) is 12.7. The Kier molecular flexibility index (Phi) is 5.51. The van der Waals surface area contributed by atoms with Crippen LogP contribution in [0, 0.1) is 5.82 Å². The van der Waals surface area contributed by atoms with Gasteiger partial charge in [0.2, 0.25) is 5.91 Å². The lowest BCUT2D eigenvalue weighted by atomic mass is 10.2. The van der Waals surface area contributed by atoms with Gasteiger partial charge in [-0.25, -0.2) is 4.39 Å². The van der Waals surface area contributed by atoms with Gasteiger partial charge in [0.15, 0.2) is 5.76 Å². The van der Waals surface area contributed by atoms with E-state index in [2.05, 4.69) is 5.32 Å². The van der Waals surface area contributed by atoms with Gasteiger partial charge >= 0.3 is 0 Å². The maximum absolute atomic E-state index is 13.2. The number of carbonyl (C=O) groups excluding carboxylic acids is 2. The predicted molar refractivity (Wildman–Crippen MR) is 109 cm³/mol. The van der Waals surface area contributed by atoms with Crippen LogP contribution in [0.25, 0.3) is 11.0 Å². The first-order chi connectivity index (χ1) is 14.0. The quantitative estimate of drug-likeness (QED) is 0.706. The van der Waals surface area contributed by atoms with Crippen molar-refractivity contribution in [3.63, 3.8) is 0 Å². The Morgan fingerprint density at radius 3 is 2.62 bits per heavy atom. The number of anilines is 1. The van der Waals surface area contributed by atoms with Crippen LogP contribution >= 0.6 is 11.6 Å². The molecule has 1 fully saturated rings. The summed E-state index contributed by atoms with van der Waals surface area (Å²) in [4.78, 5) is 28.6. The normalized spacial score (nSPS) is 14.9. The average molecular weight is 416 g/mol. The number of nitrogens with zero attached hydrogens (tertiary/aromatic N) is 2. The van der Waals surface area contributed by atoms with Gasteiger partial charge in [-0.1, -0.05) is 17.7 Å². The Hall–Kier alpha value is -2.90. The second kappa shape index (κ2) is 8.23. The highest BCUT2D eigenvalue weighted by molar-refractivity contribution is 6.31. The van der Waals surface area contributed by atoms with Gasteiger partial charge in [-0.15, -0.1) is 0 Å². The minimum atomic E-state index is -0.400. The molecule has 1 aromatic heterocycles. The summed E-state index contributed by atoms with van der Waals surface area (Å²) in [5.41, 5.74) is 1.04. The molecule has 0 saturated carbocycles. The van der Waals surface area contributed by atoms with E-state index in [1.165, 1.54) is 12.1 Å². The van der Waals surface area contributed by atoms with E-state index in [1.54, 1.807) is 41.3 Å². The molecule has 2 amide bonds. The summed E-state index contributed by atoms with van der Waals surface area (Å²) in [5.74, 6) is -0.520. The van der Waals surface area contributed by atoms with E-state index in [9.17, 15) is 14.0 Å². The zero-order valence-electron chi connectivity index (χ0n) is 15.5. The van der Waals surface area contributed by atoms with Gasteiger partial charge in [0.05, 0.1) is 6.54 Å². The van der Waals surface area contributed by atoms with Gasteiger partial charge in [-0.2, -0.15) is 0 Å². The number of amides is 2. The lowest BCUT2D eigenvalue weighted by molar-refractivity contribution is -0.117. The zero-order valence-corrected chi connectivity index (χ0v) is 16.3. The number of piperazine rings is 1. The number of hydrogen-bond acceptors (Lipinski definition) is 4. The topological polar surface area (TPSA) is 65.8 Å². The van der Waals surface area contributed by atoms with Crippen molar-refractivity contribution in [1.29, 1.82) is 0 Å². The van der Waals surface area contributed by atoms with Crippen LogP contribution in [-0.2, 0) is 4.79 Å². The van der Waals surface area contributed by atoms with Crippen LogP contribution in [0.4, 0.5) is 10.1 Å². The molecule has 3 aromatic rings. The summed E-state index contributed by atoms with van der Waals surface area (Å²) in [5, 5.41) is 4.05. The molecule has 2 aromatic carbocycles. The molecule has 0 spiro atoms. The van der Waals surface area contributed by atoms with Crippen molar-refractivity contribution in [3.05, 3.63) is 65.1 Å². The first-order valence-electron chi connectivity index (χ1n) is 9.24. The molecule has 150 valence electrons. The second-order valence-electron chi connectivity index (χ2n) is 6.92. The molecule has 8 heteroatoms. The third-order valence-corrected chi connectivity index (χ3v) is 5.06. The summed E-state index contributed by atoms with van der Waals surface area (Å²) < 4.78 is 18.9. The van der Waals surface area contributed by atoms with Gasteiger partial charge in [-0.05, 0) is 42.5 Å². The van der Waals surface area contributed by atoms with Crippen LogP contribution in [0.3, 0.4) is 0 Å². The number of nitrogens with one attached hydrogen (secondary N) is 1. The molecule has 1 aliphatic heterocycles. The minimum Gasteiger partial charge on any atom is -0.451 e. The van der Waals surface area contributed by atoms with Crippen LogP contribution in [0.15, 0.2) is 52.9 Å². The van der Waals surface area contributed by atoms with E-state index in [-0.39, 0.29) is 24.1 Å². The van der Waals surface area contributed by atoms with Crippen molar-refractivity contribution in [3.8, 4) is 0 Å². The van der Waals surface area contributed by atoms with E-state index in [0.717, 1.165) is 5.39 Å². The Morgan fingerprint density at radius 1 is 1.07 bits per heavy atom. The molecular weight excluding hydrogens is 397 g/mol. The van der Waals surface area contributed by atoms with E-state index in [0.29, 0.717) is 42.5 Å². The molecular formula is C21H19ClFN3O3. The van der Waals surface area contributed by atoms with E-state index in [1.807, 2.05) is 4.90 Å². The van der Waals surface area contributed by atoms with Crippen molar-refractivity contribution >= 4 is 40.1 Å². The number of hydrogen-bond donors (Lipinski definition) is 1. The SMILES string of the molecule is O=C(CN1CCN(C(=O)c2cc3cc(Cl)ccc3o2)CC1)Nc1cccc(F)c1. The van der Waals surface area contributed by atoms with Gasteiger partial charge in [0, 0.05) is 42.3 Å². The zero-order chi connectivity index (χ0) is 20.4. The third kappa shape index (κ3) is 4.58. The highest BCUT2D eigenvalue weighted by atomic mass is 35.5. The Morgan fingerprint density at radius 2 is 1.86 bits per heavy atom. The molecule has 1 aliphatic rings. The van der Waals surface area contributed by atoms with Crippen LogP contribution in [0.5, 0.6) is 0 Å². The lowest BCUT2D eigenvalue weighted by Gasteiger charge is -2.33. The Balaban J connectivity index is 1.31. The first kappa shape index (κ1) is 19.4. The lowest BCUT2D eigenvalue weighted by Crippen LogP contribution is -2.50. The molecule has 0 atom stereocenters. The number of halogens is 2. The van der Waals surface area contributed by atoms with Crippen LogP contribution in [-0.4, -0.2) is 54.3 Å². The largest absolute Gasteiger partial charge is 0.451 e. The van der Waals surface area contributed by atoms with Crippen molar-refractivity contribution in [2.24, 2.45) is 0 Å². The number of fused-ring (bicyclic) bond motifs is 1. The Labute approximate surface area is 171 Å². The first-order valence-corrected chi connectivity index (χ1v) is 9.62. The molecule has 0 radical (unpaired) electrons. The van der Waals surface area contributed by atoms with Gasteiger partial charge < -0.3 is 14.6 Å². The van der Waals surface area contributed by atoms with Crippen LogP contribution in [0.2, 0.25) is 5.02 Å². The van der Waals surface area contributed by atoms with E-state index in [4.69, 9.17) is 16.0 Å². The van der Waals surface area contributed by atoms with Crippen molar-refractivity contribution < 1.29 is 18.4 Å². The number of carbonyl (C=O) groups is 2. The second-order valence-corrected chi connectivity index (χ2v) is 7.36. The van der Waals surface area contributed by atoms with E-state index < -0.39 is 5.82 Å². The fraction of sp³-hybridized carbons (Fsp3) is 0.238. The number of benzene rings is 2. The standard InChI is InChI=1S/C21H19ClFN3O3/c22-15-4-5-18-14(10-15)11-19(29-18)21(28)26-8-6-25(7-9-26)13-20(27)24-17-3-1-2-16(23)12-17/h1-5,10-12H,6-9,13H2,(H,24,27). The molecule has 6 nitrogen and oxygen atoms in total. The molecule has 1 N–H and O–H groups in total. The number of rotatable bonds is 4. The summed E-state index contributed by atoms with van der Waals surface area (Å²) in [7, 11) is 0. The highest BCUT2D eigenvalue weighted by Crippen LogP contribution is 2.24. The van der Waals surface area contributed by atoms with E-state index >= 15 is 0 Å². The molecule has 29 heavy (non-hydrogen) atoms. The molecule has 0 bridgehead atoms. The smallest absolute Gasteiger partial charge is 0.289 e. The Bertz CT molecular complexity index is 1060. The highest BCUT2D eigenvalue weighted by Gasteiger charge is 2.25. The number of furan rings is 1. The van der Waals surface area contributed by atoms with Crippen LogP contribution in [0.1, 0.15) is 10.6 Å². The van der Waals surface area contributed by atoms with Crippen LogP contribution < -0.4 is 5.32 Å². The monoisotopic (exact) mass is 415 g/mol. The summed E-state index contributed by atoms with van der Waals surface area (Å²) >= 11 is 5.98. The summed E-state index contributed by atoms with van der Waals surface area (Å²) in [6.07, 6.45) is 0. The van der Waals surface area contributed by atoms with Crippen molar-refractivity contribution in [1.82, 2.24) is 9.80 Å². The average Bonchev–Trinajstić information content (AvgIpc) is 3.11. The molecule has 4 rings (SSSR count). The van der Waals surface area contributed by atoms with Gasteiger partial charge in [0.1, 0.15) is 11.4 Å². The fourth-order valence-electron chi connectivity index (χ4n) is 3.35. The maximum Gasteiger partial charge on any atom is 0.289 e. The third-order valence-electron chi connectivity index (χ3n) is 4.82. The molecule has 0 unspecified atom stereocenters. The predicted octanol–water partition coefficient (Wildman–Crippen LogP) is 3.62. The molecule has 2 heterocycles. The maximum atomic E-state index is 13.2.